The Hall–Kier alpha value is -4.19. The molecule has 0 bridgehead atoms. The summed E-state index contributed by atoms with van der Waals surface area (Å²) in [5, 5.41) is 0.837. The molecule has 0 N–H and O–H groups in total. The third-order valence-corrected chi connectivity index (χ3v) is 6.72. The van der Waals surface area contributed by atoms with E-state index in [0.29, 0.717) is 25.2 Å². The van der Waals surface area contributed by atoms with Crippen LogP contribution in [0.3, 0.4) is 0 Å². The van der Waals surface area contributed by atoms with Gasteiger partial charge in [-0.25, -0.2) is 0 Å². The van der Waals surface area contributed by atoms with Crippen molar-refractivity contribution in [3.63, 3.8) is 0 Å². The Labute approximate surface area is 210 Å². The molecule has 0 spiro atoms. The SMILES string of the molecule is CCn1c(-c2ccccc2)c(C(=O)COC(=O)[C@@H]2CC(=O)N(Cc3ccccc3)C2)c2ccccc21. The number of hydrogen-bond acceptors (Lipinski definition) is 4. The lowest BCUT2D eigenvalue weighted by Crippen LogP contribution is -2.27. The number of carbonyl (C=O) groups excluding carboxylic acids is 3. The monoisotopic (exact) mass is 480 g/mol. The fourth-order valence-electron chi connectivity index (χ4n) is 5.02. The number of carbonyl (C=O) groups is 3. The maximum absolute atomic E-state index is 13.5. The Morgan fingerprint density at radius 3 is 2.31 bits per heavy atom. The lowest BCUT2D eigenvalue weighted by molar-refractivity contribution is -0.147. The smallest absolute Gasteiger partial charge is 0.311 e. The predicted octanol–water partition coefficient (Wildman–Crippen LogP) is 5.10. The first-order chi connectivity index (χ1) is 17.6. The second kappa shape index (κ2) is 10.2. The number of benzene rings is 3. The first kappa shape index (κ1) is 23.5. The van der Waals surface area contributed by atoms with Gasteiger partial charge in [0.25, 0.3) is 0 Å². The summed E-state index contributed by atoms with van der Waals surface area (Å²) in [5.41, 5.74) is 4.29. The normalized spacial score (nSPS) is 15.4. The average Bonchev–Trinajstić information content (AvgIpc) is 3.45. The van der Waals surface area contributed by atoms with Gasteiger partial charge in [-0.3, -0.25) is 14.4 Å². The molecule has 6 heteroatoms. The van der Waals surface area contributed by atoms with Gasteiger partial charge >= 0.3 is 5.97 Å². The molecule has 5 rings (SSSR count). The Morgan fingerprint density at radius 2 is 1.58 bits per heavy atom. The summed E-state index contributed by atoms with van der Waals surface area (Å²) in [6.07, 6.45) is 0.101. The van der Waals surface area contributed by atoms with E-state index in [4.69, 9.17) is 4.74 Å². The van der Waals surface area contributed by atoms with Crippen molar-refractivity contribution >= 4 is 28.6 Å². The lowest BCUT2D eigenvalue weighted by Gasteiger charge is -2.16. The van der Waals surface area contributed by atoms with E-state index in [1.807, 2.05) is 91.9 Å². The van der Waals surface area contributed by atoms with E-state index < -0.39 is 11.9 Å². The molecule has 182 valence electrons. The highest BCUT2D eigenvalue weighted by molar-refractivity contribution is 6.14. The Kier molecular flexibility index (Phi) is 6.67. The van der Waals surface area contributed by atoms with Crippen molar-refractivity contribution in [2.45, 2.75) is 26.4 Å². The van der Waals surface area contributed by atoms with E-state index in [9.17, 15) is 14.4 Å². The molecule has 36 heavy (non-hydrogen) atoms. The largest absolute Gasteiger partial charge is 0.457 e. The number of ketones is 1. The number of ether oxygens (including phenoxy) is 1. The van der Waals surface area contributed by atoms with Gasteiger partial charge in [0.05, 0.1) is 17.2 Å². The van der Waals surface area contributed by atoms with E-state index in [1.165, 1.54) is 0 Å². The number of hydrogen-bond donors (Lipinski definition) is 0. The van der Waals surface area contributed by atoms with Crippen LogP contribution >= 0.6 is 0 Å². The molecular formula is C30H28N2O4. The van der Waals surface area contributed by atoms with Gasteiger partial charge in [0.1, 0.15) is 0 Å². The number of rotatable bonds is 8. The van der Waals surface area contributed by atoms with E-state index in [0.717, 1.165) is 27.7 Å². The van der Waals surface area contributed by atoms with Gasteiger partial charge in [-0.15, -0.1) is 0 Å². The van der Waals surface area contributed by atoms with Crippen LogP contribution in [0.4, 0.5) is 0 Å². The van der Waals surface area contributed by atoms with Gasteiger partial charge < -0.3 is 14.2 Å². The van der Waals surface area contributed by atoms with Crippen molar-refractivity contribution in [3.8, 4) is 11.3 Å². The minimum absolute atomic E-state index is 0.0792. The van der Waals surface area contributed by atoms with Crippen LogP contribution in [0.2, 0.25) is 0 Å². The quantitative estimate of drug-likeness (QED) is 0.260. The molecule has 1 aromatic heterocycles. The van der Waals surface area contributed by atoms with Crippen LogP contribution in [-0.2, 0) is 27.4 Å². The highest BCUT2D eigenvalue weighted by atomic mass is 16.5. The highest BCUT2D eigenvalue weighted by Crippen LogP contribution is 2.34. The molecule has 3 aromatic carbocycles. The Bertz CT molecular complexity index is 1410. The predicted molar refractivity (Wildman–Crippen MR) is 138 cm³/mol. The Morgan fingerprint density at radius 1 is 0.917 bits per heavy atom. The van der Waals surface area contributed by atoms with E-state index >= 15 is 0 Å². The number of aryl methyl sites for hydroxylation is 1. The van der Waals surface area contributed by atoms with Gasteiger partial charge in [0.15, 0.2) is 6.61 Å². The van der Waals surface area contributed by atoms with Gasteiger partial charge in [0, 0.05) is 37.0 Å². The third kappa shape index (κ3) is 4.54. The molecule has 0 unspecified atom stereocenters. The molecule has 6 nitrogen and oxygen atoms in total. The number of fused-ring (bicyclic) bond motifs is 1. The summed E-state index contributed by atoms with van der Waals surface area (Å²) in [6, 6.07) is 27.3. The maximum atomic E-state index is 13.5. The molecule has 1 aliphatic heterocycles. The van der Waals surface area contributed by atoms with Gasteiger partial charge in [-0.1, -0.05) is 78.9 Å². The summed E-state index contributed by atoms with van der Waals surface area (Å²) >= 11 is 0. The summed E-state index contributed by atoms with van der Waals surface area (Å²) in [5.74, 6) is -1.41. The van der Waals surface area contributed by atoms with Gasteiger partial charge in [-0.2, -0.15) is 0 Å². The molecule has 1 saturated heterocycles. The van der Waals surface area contributed by atoms with Crippen LogP contribution in [0.5, 0.6) is 0 Å². The van der Waals surface area contributed by atoms with Crippen LogP contribution in [0.25, 0.3) is 22.2 Å². The van der Waals surface area contributed by atoms with Gasteiger partial charge in [-0.05, 0) is 24.1 Å². The van der Waals surface area contributed by atoms with Crippen molar-refractivity contribution in [1.29, 1.82) is 0 Å². The molecule has 0 radical (unpaired) electrons. The molecule has 1 fully saturated rings. The summed E-state index contributed by atoms with van der Waals surface area (Å²) in [4.78, 5) is 40.5. The standard InChI is InChI=1S/C30H28N2O4/c1-2-32-25-16-10-9-15-24(25)28(29(32)22-13-7-4-8-14-22)26(33)20-36-30(35)23-17-27(34)31(19-23)18-21-11-5-3-6-12-21/h3-16,23H,2,17-20H2,1H3/t23-/m1/s1. The first-order valence-corrected chi connectivity index (χ1v) is 12.2. The topological polar surface area (TPSA) is 68.6 Å². The highest BCUT2D eigenvalue weighted by Gasteiger charge is 2.36. The van der Waals surface area contributed by atoms with Crippen LogP contribution in [0.1, 0.15) is 29.3 Å². The number of para-hydroxylation sites is 1. The minimum Gasteiger partial charge on any atom is -0.457 e. The zero-order chi connectivity index (χ0) is 25.1. The van der Waals surface area contributed by atoms with E-state index in [-0.39, 0.29) is 24.7 Å². The first-order valence-electron chi connectivity index (χ1n) is 12.2. The minimum atomic E-state index is -0.570. The number of nitrogens with zero attached hydrogens (tertiary/aromatic N) is 2. The van der Waals surface area contributed by atoms with Crippen molar-refractivity contribution in [2.24, 2.45) is 5.92 Å². The molecule has 1 atom stereocenters. The van der Waals surface area contributed by atoms with Crippen molar-refractivity contribution in [3.05, 3.63) is 96.1 Å². The summed E-state index contributed by atoms with van der Waals surface area (Å²) < 4.78 is 7.62. The summed E-state index contributed by atoms with van der Waals surface area (Å²) in [6.45, 7) is 3.13. The van der Waals surface area contributed by atoms with Crippen molar-refractivity contribution < 1.29 is 19.1 Å². The number of esters is 1. The molecule has 0 aliphatic carbocycles. The third-order valence-electron chi connectivity index (χ3n) is 6.72. The fourth-order valence-corrected chi connectivity index (χ4v) is 5.02. The maximum Gasteiger partial charge on any atom is 0.311 e. The van der Waals surface area contributed by atoms with Crippen LogP contribution in [-0.4, -0.2) is 40.3 Å². The molecular weight excluding hydrogens is 452 g/mol. The lowest BCUT2D eigenvalue weighted by atomic mass is 10.0. The molecule has 2 heterocycles. The molecule has 1 aliphatic rings. The van der Waals surface area contributed by atoms with Crippen molar-refractivity contribution in [2.75, 3.05) is 13.2 Å². The number of likely N-dealkylation sites (tertiary alicyclic amines) is 1. The number of Topliss-reactive ketones (excluding diaryl/α,β-unsaturated/α-hetero) is 1. The zero-order valence-corrected chi connectivity index (χ0v) is 20.2. The van der Waals surface area contributed by atoms with E-state index in [1.54, 1.807) is 4.90 Å². The molecule has 1 amide bonds. The fraction of sp³-hybridized carbons (Fsp3) is 0.233. The molecule has 0 saturated carbocycles. The van der Waals surface area contributed by atoms with Crippen LogP contribution in [0, 0.1) is 5.92 Å². The van der Waals surface area contributed by atoms with Crippen LogP contribution < -0.4 is 0 Å². The second-order valence-electron chi connectivity index (χ2n) is 9.04. The van der Waals surface area contributed by atoms with Crippen LogP contribution in [0.15, 0.2) is 84.9 Å². The number of amides is 1. The number of aromatic nitrogens is 1. The zero-order valence-electron chi connectivity index (χ0n) is 20.2. The summed E-state index contributed by atoms with van der Waals surface area (Å²) in [7, 11) is 0. The van der Waals surface area contributed by atoms with E-state index in [2.05, 4.69) is 4.57 Å². The average molecular weight is 481 g/mol. The van der Waals surface area contributed by atoms with Crippen molar-refractivity contribution in [1.82, 2.24) is 9.47 Å². The molecule has 4 aromatic rings. The van der Waals surface area contributed by atoms with Gasteiger partial charge in [0.2, 0.25) is 11.7 Å². The Balaban J connectivity index is 1.34. The second-order valence-corrected chi connectivity index (χ2v) is 9.04.